The predicted molar refractivity (Wildman–Crippen MR) is 93.6 cm³/mol. The summed E-state index contributed by atoms with van der Waals surface area (Å²) in [6.45, 7) is 6.86. The van der Waals surface area contributed by atoms with Crippen molar-refractivity contribution in [3.63, 3.8) is 0 Å². The summed E-state index contributed by atoms with van der Waals surface area (Å²) in [6, 6.07) is 15.0. The van der Waals surface area contributed by atoms with E-state index >= 15 is 0 Å². The van der Waals surface area contributed by atoms with E-state index in [4.69, 9.17) is 4.74 Å². The molecule has 2 aromatic carbocycles. The maximum absolute atomic E-state index is 12.5. The normalized spacial score (nSPS) is 11.0. The van der Waals surface area contributed by atoms with Crippen LogP contribution in [0.4, 0.5) is 0 Å². The smallest absolute Gasteiger partial charge is 0.193 e. The van der Waals surface area contributed by atoms with Gasteiger partial charge in [0.25, 0.3) is 0 Å². The van der Waals surface area contributed by atoms with Crippen LogP contribution in [0.2, 0.25) is 19.6 Å². The average molecular weight is 314 g/mol. The lowest BCUT2D eigenvalue weighted by Crippen LogP contribution is -2.37. The molecule has 0 saturated heterocycles. The quantitative estimate of drug-likeness (QED) is 0.477. The zero-order valence-corrected chi connectivity index (χ0v) is 14.2. The van der Waals surface area contributed by atoms with E-state index in [1.165, 1.54) is 10.7 Å². The van der Waals surface area contributed by atoms with Gasteiger partial charge in [-0.3, -0.25) is 4.79 Å². The lowest BCUT2D eigenvalue weighted by molar-refractivity contribution is 0.103. The molecular formula is C17H18O2SSi. The monoisotopic (exact) mass is 314 g/mol. The summed E-state index contributed by atoms with van der Waals surface area (Å²) in [5.41, 5.74) is 2.48. The van der Waals surface area contributed by atoms with E-state index in [-0.39, 0.29) is 5.78 Å². The fraction of sp³-hybridized carbons (Fsp3) is 0.176. The molecule has 0 N–H and O–H groups in total. The van der Waals surface area contributed by atoms with Crippen molar-refractivity contribution in [3.05, 3.63) is 59.7 Å². The van der Waals surface area contributed by atoms with E-state index in [1.54, 1.807) is 24.3 Å². The number of benzene rings is 2. The van der Waals surface area contributed by atoms with Crippen molar-refractivity contribution in [3.8, 4) is 5.75 Å². The highest BCUT2D eigenvalue weighted by Crippen LogP contribution is 2.16. The summed E-state index contributed by atoms with van der Waals surface area (Å²) < 4.78 is 5.14. The molecule has 0 atom stereocenters. The van der Waals surface area contributed by atoms with E-state index in [0.29, 0.717) is 16.9 Å². The highest BCUT2D eigenvalue weighted by Gasteiger charge is 2.17. The van der Waals surface area contributed by atoms with Crippen molar-refractivity contribution in [2.45, 2.75) is 19.6 Å². The van der Waals surface area contributed by atoms with Gasteiger partial charge in [-0.2, -0.15) is 0 Å². The van der Waals surface area contributed by atoms with E-state index in [2.05, 4.69) is 44.0 Å². The molecule has 4 heteroatoms. The number of rotatable bonds is 5. The molecule has 0 spiro atoms. The second-order valence-corrected chi connectivity index (χ2v) is 11.2. The minimum atomic E-state index is -1.34. The summed E-state index contributed by atoms with van der Waals surface area (Å²) in [4.78, 5) is 12.5. The molecule has 0 fully saturated rings. The summed E-state index contributed by atoms with van der Waals surface area (Å²) in [7, 11) is -1.34. The van der Waals surface area contributed by atoms with E-state index < -0.39 is 8.07 Å². The van der Waals surface area contributed by atoms with Crippen LogP contribution in [0.15, 0.2) is 48.5 Å². The largest absolute Gasteiger partial charge is 0.454 e. The molecule has 0 bridgehead atoms. The number of hydrogen-bond acceptors (Lipinski definition) is 3. The maximum atomic E-state index is 12.5. The molecule has 0 radical (unpaired) electrons. The van der Waals surface area contributed by atoms with Gasteiger partial charge in [0.15, 0.2) is 11.3 Å². The zero-order valence-electron chi connectivity index (χ0n) is 12.4. The number of ether oxygens (including phenoxy) is 1. The third-order valence-corrected chi connectivity index (χ3v) is 5.46. The Morgan fingerprint density at radius 1 is 1.05 bits per heavy atom. The van der Waals surface area contributed by atoms with E-state index in [1.807, 2.05) is 12.1 Å². The summed E-state index contributed by atoms with van der Waals surface area (Å²) in [5.74, 6) is 0.571. The molecule has 0 saturated carbocycles. The highest BCUT2D eigenvalue weighted by molar-refractivity contribution is 7.78. The Morgan fingerprint density at radius 2 is 1.71 bits per heavy atom. The topological polar surface area (TPSA) is 26.3 Å². The van der Waals surface area contributed by atoms with Crippen LogP contribution < -0.4 is 9.92 Å². The summed E-state index contributed by atoms with van der Waals surface area (Å²) in [5, 5.41) is 1.34. The Balaban J connectivity index is 2.27. The van der Waals surface area contributed by atoms with Gasteiger partial charge < -0.3 is 4.74 Å². The SMILES string of the molecule is C[Si](C)(C)c1ccc(C(=O)c2cccc(OC=S)c2)cc1. The van der Waals surface area contributed by atoms with Gasteiger partial charge in [0, 0.05) is 11.1 Å². The lowest BCUT2D eigenvalue weighted by atomic mass is 10.0. The van der Waals surface area contributed by atoms with Crippen molar-refractivity contribution in [1.82, 2.24) is 0 Å². The van der Waals surface area contributed by atoms with Gasteiger partial charge in [-0.05, 0) is 24.4 Å². The molecule has 0 unspecified atom stereocenters. The maximum Gasteiger partial charge on any atom is 0.193 e. The average Bonchev–Trinajstić information content (AvgIpc) is 2.46. The van der Waals surface area contributed by atoms with Gasteiger partial charge in [0.05, 0.1) is 8.07 Å². The van der Waals surface area contributed by atoms with Crippen LogP contribution in [0.5, 0.6) is 5.75 Å². The number of carbonyl (C=O) groups excluding carboxylic acids is 1. The van der Waals surface area contributed by atoms with Crippen LogP contribution in [0.1, 0.15) is 15.9 Å². The number of thiocarbonyl (C=S) groups is 1. The molecule has 0 aliphatic rings. The van der Waals surface area contributed by atoms with Crippen molar-refractivity contribution in [2.24, 2.45) is 0 Å². The first kappa shape index (κ1) is 15.6. The van der Waals surface area contributed by atoms with Crippen LogP contribution in [0.3, 0.4) is 0 Å². The minimum Gasteiger partial charge on any atom is -0.454 e. The van der Waals surface area contributed by atoms with Gasteiger partial charge in [0.2, 0.25) is 0 Å². The van der Waals surface area contributed by atoms with Crippen molar-refractivity contribution in [1.29, 1.82) is 0 Å². The van der Waals surface area contributed by atoms with Crippen LogP contribution in [0, 0.1) is 0 Å². The van der Waals surface area contributed by atoms with Gasteiger partial charge in [-0.15, -0.1) is 0 Å². The fourth-order valence-corrected chi connectivity index (χ4v) is 3.33. The van der Waals surface area contributed by atoms with E-state index in [9.17, 15) is 4.79 Å². The third-order valence-electron chi connectivity index (χ3n) is 3.29. The lowest BCUT2D eigenvalue weighted by Gasteiger charge is -2.16. The van der Waals surface area contributed by atoms with Gasteiger partial charge >= 0.3 is 0 Å². The Kier molecular flexibility index (Phi) is 4.70. The second-order valence-electron chi connectivity index (χ2n) is 5.90. The summed E-state index contributed by atoms with van der Waals surface area (Å²) >= 11 is 4.66. The minimum absolute atomic E-state index is 0.00746. The molecule has 0 amide bonds. The van der Waals surface area contributed by atoms with E-state index in [0.717, 1.165) is 0 Å². The first-order valence-corrected chi connectivity index (χ1v) is 10.7. The molecule has 108 valence electrons. The van der Waals surface area contributed by atoms with Crippen molar-refractivity contribution >= 4 is 36.8 Å². The second kappa shape index (κ2) is 6.33. The highest BCUT2D eigenvalue weighted by atomic mass is 32.1. The molecule has 0 heterocycles. The molecule has 2 nitrogen and oxygen atoms in total. The molecule has 0 aromatic heterocycles. The zero-order chi connectivity index (χ0) is 15.5. The van der Waals surface area contributed by atoms with Crippen LogP contribution >= 0.6 is 12.2 Å². The van der Waals surface area contributed by atoms with Gasteiger partial charge in [-0.25, -0.2) is 0 Å². The first-order valence-electron chi connectivity index (χ1n) is 6.77. The molecule has 2 rings (SSSR count). The van der Waals surface area contributed by atoms with Crippen LogP contribution in [0.25, 0.3) is 0 Å². The fourth-order valence-electron chi connectivity index (χ4n) is 2.05. The Labute approximate surface area is 131 Å². The molecule has 0 aliphatic heterocycles. The molecular weight excluding hydrogens is 296 g/mol. The Bertz CT molecular complexity index is 657. The predicted octanol–water partition coefficient (Wildman–Crippen LogP) is 3.80. The Morgan fingerprint density at radius 3 is 2.29 bits per heavy atom. The number of carbonyl (C=O) groups is 1. The number of hydrogen-bond donors (Lipinski definition) is 0. The van der Waals surface area contributed by atoms with Crippen molar-refractivity contribution in [2.75, 3.05) is 0 Å². The van der Waals surface area contributed by atoms with Gasteiger partial charge in [0.1, 0.15) is 5.75 Å². The standard InChI is InChI=1S/C17H18O2SSi/c1-21(2,3)16-9-7-13(8-10-16)17(18)14-5-4-6-15(11-14)19-12-20/h4-12H,1-3H3. The Hall–Kier alpha value is -1.78. The number of ketones is 1. The van der Waals surface area contributed by atoms with Crippen LogP contribution in [-0.4, -0.2) is 19.4 Å². The first-order chi connectivity index (χ1) is 9.91. The molecule has 0 aliphatic carbocycles. The summed E-state index contributed by atoms with van der Waals surface area (Å²) in [6.07, 6.45) is 0. The van der Waals surface area contributed by atoms with Gasteiger partial charge in [-0.1, -0.05) is 61.2 Å². The molecule has 21 heavy (non-hydrogen) atoms. The molecule has 2 aromatic rings. The van der Waals surface area contributed by atoms with Crippen LogP contribution in [-0.2, 0) is 0 Å². The third kappa shape index (κ3) is 3.86. The van der Waals surface area contributed by atoms with Crippen molar-refractivity contribution < 1.29 is 9.53 Å².